The second kappa shape index (κ2) is 6.40. The maximum absolute atomic E-state index is 14.3. The smallest absolute Gasteiger partial charge is 0.180 e. The van der Waals surface area contributed by atoms with E-state index < -0.39 is 11.8 Å². The lowest BCUT2D eigenvalue weighted by Crippen LogP contribution is -2.52. The van der Waals surface area contributed by atoms with Gasteiger partial charge in [-0.1, -0.05) is 11.6 Å². The van der Waals surface area contributed by atoms with Crippen LogP contribution >= 0.6 is 11.6 Å². The Kier molecular flexibility index (Phi) is 4.99. The fourth-order valence-electron chi connectivity index (χ4n) is 2.60. The van der Waals surface area contributed by atoms with Gasteiger partial charge in [-0.3, -0.25) is 4.90 Å². The lowest BCUT2D eigenvalue weighted by molar-refractivity contribution is 0.207. The highest BCUT2D eigenvalue weighted by Crippen LogP contribution is 2.23. The van der Waals surface area contributed by atoms with E-state index in [1.54, 1.807) is 11.9 Å². The van der Waals surface area contributed by atoms with Crippen LogP contribution in [0, 0.1) is 0 Å². The summed E-state index contributed by atoms with van der Waals surface area (Å²) in [6, 6.07) is 0.347. The molecule has 2 N–H and O–H groups in total. The molecule has 0 amide bonds. The van der Waals surface area contributed by atoms with Crippen molar-refractivity contribution in [2.45, 2.75) is 38.1 Å². The standard InChI is InChI=1S/C14H25ClFN5/c1-9(2)20(4)12-8-21(6-5-11(12)17)13-10(16)7-19(3)14(15)18-13/h9-10,14H,5-8,17H2,1-4H3. The molecule has 120 valence electrons. The third-order valence-electron chi connectivity index (χ3n) is 4.22. The van der Waals surface area contributed by atoms with Gasteiger partial charge in [0.2, 0.25) is 0 Å². The fraction of sp³-hybridized carbons (Fsp3) is 0.786. The molecule has 7 heteroatoms. The number of likely N-dealkylation sites (N-methyl/N-ethyl adjacent to an activating group) is 1. The van der Waals surface area contributed by atoms with Crippen molar-refractivity contribution in [1.29, 1.82) is 0 Å². The quantitative estimate of drug-likeness (QED) is 0.618. The van der Waals surface area contributed by atoms with Crippen LogP contribution in [0.1, 0.15) is 20.3 Å². The van der Waals surface area contributed by atoms with Gasteiger partial charge in [0.05, 0.1) is 12.2 Å². The number of rotatable bonds is 2. The summed E-state index contributed by atoms with van der Waals surface area (Å²) in [7, 11) is 3.79. The summed E-state index contributed by atoms with van der Waals surface area (Å²) in [6.07, 6.45) is -0.379. The number of amidine groups is 1. The first-order valence-corrected chi connectivity index (χ1v) is 7.76. The van der Waals surface area contributed by atoms with E-state index in [-0.39, 0.29) is 6.54 Å². The molecule has 0 radical (unpaired) electrons. The lowest BCUT2D eigenvalue weighted by atomic mass is 10.1. The molecule has 0 saturated heterocycles. The Morgan fingerprint density at radius 2 is 2.14 bits per heavy atom. The third-order valence-corrected chi connectivity index (χ3v) is 4.65. The molecule has 21 heavy (non-hydrogen) atoms. The highest BCUT2D eigenvalue weighted by Gasteiger charge is 2.33. The van der Waals surface area contributed by atoms with E-state index in [0.717, 1.165) is 17.8 Å². The third kappa shape index (κ3) is 3.43. The minimum absolute atomic E-state index is 0.276. The average molecular weight is 318 g/mol. The molecule has 0 fully saturated rings. The van der Waals surface area contributed by atoms with Crippen molar-refractivity contribution >= 4 is 17.4 Å². The first-order valence-electron chi connectivity index (χ1n) is 7.32. The van der Waals surface area contributed by atoms with E-state index in [2.05, 4.69) is 23.7 Å². The van der Waals surface area contributed by atoms with E-state index in [4.69, 9.17) is 17.3 Å². The van der Waals surface area contributed by atoms with Crippen LogP contribution in [0.15, 0.2) is 16.4 Å². The number of hydrogen-bond acceptors (Lipinski definition) is 5. The van der Waals surface area contributed by atoms with Crippen LogP contribution in [-0.4, -0.2) is 72.1 Å². The number of halogens is 2. The van der Waals surface area contributed by atoms with Crippen LogP contribution in [-0.2, 0) is 0 Å². The highest BCUT2D eigenvalue weighted by atomic mass is 35.5. The summed E-state index contributed by atoms with van der Waals surface area (Å²) in [5.74, 6) is 0.454. The Labute approximate surface area is 131 Å². The molecule has 5 nitrogen and oxygen atoms in total. The molecule has 2 atom stereocenters. The maximum Gasteiger partial charge on any atom is 0.180 e. The van der Waals surface area contributed by atoms with Crippen molar-refractivity contribution < 1.29 is 4.39 Å². The van der Waals surface area contributed by atoms with Gasteiger partial charge in [-0.2, -0.15) is 0 Å². The van der Waals surface area contributed by atoms with Crippen molar-refractivity contribution in [3.05, 3.63) is 11.4 Å². The minimum Gasteiger partial charge on any atom is -0.401 e. The predicted molar refractivity (Wildman–Crippen MR) is 84.9 cm³/mol. The molecule has 0 bridgehead atoms. The van der Waals surface area contributed by atoms with Crippen molar-refractivity contribution in [2.24, 2.45) is 10.7 Å². The molecule has 2 heterocycles. The average Bonchev–Trinajstić information content (AvgIpc) is 2.43. The first kappa shape index (κ1) is 16.4. The number of alkyl halides is 2. The summed E-state index contributed by atoms with van der Waals surface area (Å²) in [6.45, 7) is 5.77. The van der Waals surface area contributed by atoms with E-state index >= 15 is 0 Å². The van der Waals surface area contributed by atoms with Gasteiger partial charge >= 0.3 is 0 Å². The monoisotopic (exact) mass is 317 g/mol. The SMILES string of the molecule is CC(C)N(C)C1=C(N)CCN(C2=NC(Cl)N(C)CC2F)C1. The normalized spacial score (nSPS) is 28.1. The van der Waals surface area contributed by atoms with E-state index in [1.807, 2.05) is 11.9 Å². The largest absolute Gasteiger partial charge is 0.401 e. The molecule has 0 saturated carbocycles. The van der Waals surface area contributed by atoms with Crippen LogP contribution in [0.25, 0.3) is 0 Å². The molecule has 2 unspecified atom stereocenters. The Hall–Kier alpha value is -1.01. The first-order chi connectivity index (χ1) is 9.81. The van der Waals surface area contributed by atoms with E-state index in [9.17, 15) is 4.39 Å². The Morgan fingerprint density at radius 3 is 2.76 bits per heavy atom. The minimum atomic E-state index is -1.10. The van der Waals surface area contributed by atoms with Crippen molar-refractivity contribution in [1.82, 2.24) is 14.7 Å². The molecule has 2 rings (SSSR count). The highest BCUT2D eigenvalue weighted by molar-refractivity contribution is 6.21. The summed E-state index contributed by atoms with van der Waals surface area (Å²) < 4.78 is 14.3. The summed E-state index contributed by atoms with van der Waals surface area (Å²) in [5.41, 5.74) is 7.57. The van der Waals surface area contributed by atoms with Crippen molar-refractivity contribution in [2.75, 3.05) is 33.7 Å². The topological polar surface area (TPSA) is 48.1 Å². The summed E-state index contributed by atoms with van der Waals surface area (Å²) in [4.78, 5) is 10.1. The Balaban J connectivity index is 2.18. The Morgan fingerprint density at radius 1 is 1.48 bits per heavy atom. The zero-order valence-electron chi connectivity index (χ0n) is 13.2. The van der Waals surface area contributed by atoms with Crippen LogP contribution in [0.4, 0.5) is 4.39 Å². The van der Waals surface area contributed by atoms with Crippen LogP contribution in [0.3, 0.4) is 0 Å². The molecule has 0 aromatic heterocycles. The van der Waals surface area contributed by atoms with Gasteiger partial charge in [-0.15, -0.1) is 0 Å². The predicted octanol–water partition coefficient (Wildman–Crippen LogP) is 1.41. The van der Waals surface area contributed by atoms with Crippen LogP contribution in [0.2, 0.25) is 0 Å². The number of hydrogen-bond donors (Lipinski definition) is 1. The fourth-order valence-corrected chi connectivity index (χ4v) is 2.78. The molecule has 0 spiro atoms. The Bertz CT molecular complexity index is 451. The molecule has 0 aliphatic carbocycles. The van der Waals surface area contributed by atoms with Gasteiger partial charge in [-0.05, 0) is 20.9 Å². The zero-order chi connectivity index (χ0) is 15.7. The summed E-state index contributed by atoms with van der Waals surface area (Å²) in [5, 5.41) is 0. The van der Waals surface area contributed by atoms with Gasteiger partial charge in [0.25, 0.3) is 0 Å². The lowest BCUT2D eigenvalue weighted by Gasteiger charge is -2.40. The van der Waals surface area contributed by atoms with Gasteiger partial charge in [-0.25, -0.2) is 9.38 Å². The second-order valence-electron chi connectivity index (χ2n) is 6.05. The molecular formula is C14H25ClFN5. The second-order valence-corrected chi connectivity index (χ2v) is 6.44. The molecule has 2 aliphatic rings. The number of nitrogens with two attached hydrogens (primary N) is 1. The van der Waals surface area contributed by atoms with Gasteiger partial charge in [0, 0.05) is 38.3 Å². The van der Waals surface area contributed by atoms with Gasteiger partial charge in [0.15, 0.2) is 11.8 Å². The number of aliphatic imine (C=N–C) groups is 1. The molecule has 0 aromatic carbocycles. The molecular weight excluding hydrogens is 293 g/mol. The van der Waals surface area contributed by atoms with Crippen molar-refractivity contribution in [3.63, 3.8) is 0 Å². The van der Waals surface area contributed by atoms with Gasteiger partial charge in [0.1, 0.15) is 5.84 Å². The number of nitrogens with zero attached hydrogens (tertiary/aromatic N) is 4. The maximum atomic E-state index is 14.3. The van der Waals surface area contributed by atoms with Crippen LogP contribution < -0.4 is 5.73 Å². The zero-order valence-corrected chi connectivity index (χ0v) is 13.9. The van der Waals surface area contributed by atoms with E-state index in [0.29, 0.717) is 25.0 Å². The van der Waals surface area contributed by atoms with Crippen LogP contribution in [0.5, 0.6) is 0 Å². The summed E-state index contributed by atoms with van der Waals surface area (Å²) >= 11 is 6.12. The molecule has 0 aromatic rings. The van der Waals surface area contributed by atoms with Crippen molar-refractivity contribution in [3.8, 4) is 0 Å². The van der Waals surface area contributed by atoms with Gasteiger partial charge < -0.3 is 15.5 Å². The molecule has 2 aliphatic heterocycles. The van der Waals surface area contributed by atoms with E-state index in [1.165, 1.54) is 0 Å².